The number of carbonyl (C=O) groups is 1. The van der Waals surface area contributed by atoms with Gasteiger partial charge in [0.05, 0.1) is 11.9 Å². The highest BCUT2D eigenvalue weighted by Crippen LogP contribution is 2.34. The van der Waals surface area contributed by atoms with Gasteiger partial charge in [-0.25, -0.2) is 12.8 Å². The molecule has 1 heterocycles. The highest BCUT2D eigenvalue weighted by atomic mass is 35.5. The molecule has 1 N–H and O–H groups in total. The third-order valence-corrected chi connectivity index (χ3v) is 7.39. The molecular weight excluding hydrogens is 491 g/mol. The summed E-state index contributed by atoms with van der Waals surface area (Å²) < 4.78 is 50.6. The molecule has 0 unspecified atom stereocenters. The predicted octanol–water partition coefficient (Wildman–Crippen LogP) is 3.85. The van der Waals surface area contributed by atoms with E-state index in [1.807, 2.05) is 0 Å². The average Bonchev–Trinajstić information content (AvgIpc) is 2.77. The van der Waals surface area contributed by atoms with Crippen molar-refractivity contribution in [1.29, 1.82) is 0 Å². The van der Waals surface area contributed by atoms with E-state index in [4.69, 9.17) is 21.1 Å². The maximum Gasteiger partial charge on any atom is 0.232 e. The number of carbonyl (C=O) groups excluding carboxylic acids is 1. The van der Waals surface area contributed by atoms with E-state index in [1.165, 1.54) is 22.1 Å². The normalized spacial score (nSPS) is 12.9. The number of sulfonamides is 1. The SMILES string of the molecule is CS(=O)(=O)N(CCCC(=O)NCCSCc1c(F)cccc1Cl)c1ccc2c(c1)OCCO2. The van der Waals surface area contributed by atoms with Gasteiger partial charge in [-0.2, -0.15) is 11.8 Å². The molecule has 2 aromatic rings. The summed E-state index contributed by atoms with van der Waals surface area (Å²) in [6, 6.07) is 9.55. The first-order valence-electron chi connectivity index (χ1n) is 10.4. The highest BCUT2D eigenvalue weighted by Gasteiger charge is 2.21. The first-order valence-corrected chi connectivity index (χ1v) is 13.8. The number of rotatable bonds is 11. The third kappa shape index (κ3) is 7.41. The molecule has 2 aromatic carbocycles. The molecular formula is C22H26ClFN2O5S2. The van der Waals surface area contributed by atoms with Crippen LogP contribution in [0.15, 0.2) is 36.4 Å². The topological polar surface area (TPSA) is 84.9 Å². The molecule has 0 atom stereocenters. The van der Waals surface area contributed by atoms with Crippen molar-refractivity contribution in [3.05, 3.63) is 52.8 Å². The number of nitrogens with one attached hydrogen (secondary N) is 1. The second-order valence-corrected chi connectivity index (χ2v) is 10.8. The first-order chi connectivity index (χ1) is 15.8. The van der Waals surface area contributed by atoms with Gasteiger partial charge in [-0.1, -0.05) is 17.7 Å². The minimum Gasteiger partial charge on any atom is -0.486 e. The molecule has 180 valence electrons. The lowest BCUT2D eigenvalue weighted by atomic mass is 10.2. The van der Waals surface area contributed by atoms with Crippen molar-refractivity contribution < 1.29 is 27.1 Å². The standard InChI is InChI=1S/C22H26ClFN2O5S2/c1-33(28,29)26(16-7-8-20-21(14-16)31-12-11-30-20)10-3-6-22(27)25-9-13-32-15-17-18(23)4-2-5-19(17)24/h2,4-5,7-8,14H,3,6,9-13,15H2,1H3,(H,25,27). The summed E-state index contributed by atoms with van der Waals surface area (Å²) in [5.74, 6) is 1.58. The summed E-state index contributed by atoms with van der Waals surface area (Å²) in [6.45, 7) is 1.44. The second kappa shape index (κ2) is 11.8. The van der Waals surface area contributed by atoms with Crippen molar-refractivity contribution >= 4 is 45.0 Å². The average molecular weight is 517 g/mol. The summed E-state index contributed by atoms with van der Waals surface area (Å²) in [7, 11) is -3.54. The number of halogens is 2. The van der Waals surface area contributed by atoms with Gasteiger partial charge in [-0.15, -0.1) is 0 Å². The Hall–Kier alpha value is -2.17. The number of nitrogens with zero attached hydrogens (tertiary/aromatic N) is 1. The van der Waals surface area contributed by atoms with Crippen LogP contribution < -0.4 is 19.1 Å². The van der Waals surface area contributed by atoms with Gasteiger partial charge in [0, 0.05) is 47.7 Å². The smallest absolute Gasteiger partial charge is 0.232 e. The first kappa shape index (κ1) is 25.5. The van der Waals surface area contributed by atoms with Crippen molar-refractivity contribution in [2.75, 3.05) is 42.6 Å². The van der Waals surface area contributed by atoms with Gasteiger partial charge >= 0.3 is 0 Å². The van der Waals surface area contributed by atoms with E-state index < -0.39 is 10.0 Å². The van der Waals surface area contributed by atoms with Crippen LogP contribution in [0.1, 0.15) is 18.4 Å². The number of anilines is 1. The Morgan fingerprint density at radius 2 is 1.97 bits per heavy atom. The maximum absolute atomic E-state index is 13.8. The fraction of sp³-hybridized carbons (Fsp3) is 0.409. The zero-order valence-corrected chi connectivity index (χ0v) is 20.6. The fourth-order valence-electron chi connectivity index (χ4n) is 3.25. The van der Waals surface area contributed by atoms with E-state index in [0.717, 1.165) is 6.26 Å². The number of hydrogen-bond acceptors (Lipinski definition) is 6. The summed E-state index contributed by atoms with van der Waals surface area (Å²) in [5.41, 5.74) is 0.917. The van der Waals surface area contributed by atoms with E-state index >= 15 is 0 Å². The van der Waals surface area contributed by atoms with Crippen LogP contribution in [0, 0.1) is 5.82 Å². The number of thioether (sulfide) groups is 1. The molecule has 3 rings (SSSR count). The van der Waals surface area contributed by atoms with E-state index in [9.17, 15) is 17.6 Å². The largest absolute Gasteiger partial charge is 0.486 e. The molecule has 7 nitrogen and oxygen atoms in total. The van der Waals surface area contributed by atoms with Gasteiger partial charge in [0.15, 0.2) is 11.5 Å². The lowest BCUT2D eigenvalue weighted by Crippen LogP contribution is -2.32. The van der Waals surface area contributed by atoms with Gasteiger partial charge < -0.3 is 14.8 Å². The number of benzene rings is 2. The Balaban J connectivity index is 1.42. The van der Waals surface area contributed by atoms with E-state index in [-0.39, 0.29) is 24.7 Å². The Labute approximate surface area is 202 Å². The van der Waals surface area contributed by atoms with Crippen LogP contribution in [0.4, 0.5) is 10.1 Å². The van der Waals surface area contributed by atoms with Crippen molar-refractivity contribution in [3.8, 4) is 11.5 Å². The lowest BCUT2D eigenvalue weighted by molar-refractivity contribution is -0.121. The van der Waals surface area contributed by atoms with E-state index in [0.29, 0.717) is 65.5 Å². The van der Waals surface area contributed by atoms with Crippen LogP contribution in [0.25, 0.3) is 0 Å². The Bertz CT molecular complexity index is 1060. The Morgan fingerprint density at radius 3 is 2.70 bits per heavy atom. The van der Waals surface area contributed by atoms with Gasteiger partial charge in [0.2, 0.25) is 15.9 Å². The molecule has 1 aliphatic heterocycles. The van der Waals surface area contributed by atoms with Crippen molar-refractivity contribution in [2.24, 2.45) is 0 Å². The zero-order valence-electron chi connectivity index (χ0n) is 18.2. The zero-order chi connectivity index (χ0) is 23.8. The molecule has 0 bridgehead atoms. The van der Waals surface area contributed by atoms with Crippen LogP contribution in [-0.4, -0.2) is 52.6 Å². The van der Waals surface area contributed by atoms with Gasteiger partial charge in [-0.3, -0.25) is 9.10 Å². The van der Waals surface area contributed by atoms with Gasteiger partial charge in [-0.05, 0) is 30.7 Å². The van der Waals surface area contributed by atoms with Crippen LogP contribution >= 0.6 is 23.4 Å². The molecule has 0 saturated carbocycles. The lowest BCUT2D eigenvalue weighted by Gasteiger charge is -2.25. The van der Waals surface area contributed by atoms with Crippen molar-refractivity contribution in [3.63, 3.8) is 0 Å². The van der Waals surface area contributed by atoms with Crippen LogP contribution in [0.5, 0.6) is 11.5 Å². The Morgan fingerprint density at radius 1 is 1.21 bits per heavy atom. The highest BCUT2D eigenvalue weighted by molar-refractivity contribution is 7.98. The molecule has 11 heteroatoms. The van der Waals surface area contributed by atoms with Gasteiger partial charge in [0.25, 0.3) is 0 Å². The Kier molecular flexibility index (Phi) is 9.10. The molecule has 33 heavy (non-hydrogen) atoms. The molecule has 1 aliphatic rings. The summed E-state index contributed by atoms with van der Waals surface area (Å²) in [6.07, 6.45) is 1.66. The van der Waals surface area contributed by atoms with Crippen LogP contribution in [0.2, 0.25) is 5.02 Å². The monoisotopic (exact) mass is 516 g/mol. The fourth-order valence-corrected chi connectivity index (χ4v) is 5.41. The van der Waals surface area contributed by atoms with Crippen LogP contribution in [0.3, 0.4) is 0 Å². The van der Waals surface area contributed by atoms with Crippen LogP contribution in [-0.2, 0) is 20.6 Å². The molecule has 0 spiro atoms. The van der Waals surface area contributed by atoms with E-state index in [1.54, 1.807) is 30.3 Å². The van der Waals surface area contributed by atoms with Crippen molar-refractivity contribution in [1.82, 2.24) is 5.32 Å². The van der Waals surface area contributed by atoms with Crippen molar-refractivity contribution in [2.45, 2.75) is 18.6 Å². The predicted molar refractivity (Wildman–Crippen MR) is 129 cm³/mol. The van der Waals surface area contributed by atoms with E-state index in [2.05, 4.69) is 5.32 Å². The molecule has 0 radical (unpaired) electrons. The molecule has 0 aromatic heterocycles. The minimum absolute atomic E-state index is 0.159. The summed E-state index contributed by atoms with van der Waals surface area (Å²) >= 11 is 7.47. The molecule has 0 aliphatic carbocycles. The number of fused-ring (bicyclic) bond motifs is 1. The third-order valence-electron chi connectivity index (χ3n) is 4.86. The number of hydrogen-bond donors (Lipinski definition) is 1. The summed E-state index contributed by atoms with van der Waals surface area (Å²) in [4.78, 5) is 12.1. The molecule has 1 amide bonds. The minimum atomic E-state index is -3.54. The number of amides is 1. The summed E-state index contributed by atoms with van der Waals surface area (Å²) in [5, 5.41) is 3.19. The molecule has 0 fully saturated rings. The quantitative estimate of drug-likeness (QED) is 0.457. The molecule has 0 saturated heterocycles. The van der Waals surface area contributed by atoms with Gasteiger partial charge in [0.1, 0.15) is 19.0 Å². The number of ether oxygens (including phenoxy) is 2. The maximum atomic E-state index is 13.8. The second-order valence-electron chi connectivity index (χ2n) is 7.37.